The molecule has 0 radical (unpaired) electrons. The van der Waals surface area contributed by atoms with Crippen molar-refractivity contribution in [2.75, 3.05) is 23.8 Å². The van der Waals surface area contributed by atoms with E-state index >= 15 is 4.39 Å². The van der Waals surface area contributed by atoms with E-state index < -0.39 is 25.1 Å². The Balaban J connectivity index is 1.45. The Hall–Kier alpha value is -2.02. The van der Waals surface area contributed by atoms with Crippen LogP contribution in [-0.4, -0.2) is 44.0 Å². The summed E-state index contributed by atoms with van der Waals surface area (Å²) < 4.78 is 54.2. The summed E-state index contributed by atoms with van der Waals surface area (Å²) >= 11 is 20.3. The second kappa shape index (κ2) is 10.8. The van der Waals surface area contributed by atoms with Crippen molar-refractivity contribution in [2.24, 2.45) is 17.6 Å². The summed E-state index contributed by atoms with van der Waals surface area (Å²) in [5.74, 6) is 0.197. The van der Waals surface area contributed by atoms with E-state index in [0.717, 1.165) is 27.8 Å². The standard InChI is InChI=1S/C25H26Cl3FN4O4S2/c1-36-14-4-3-13(22(7-14)37-2)12-33(24-31-5-6-38-24)39(34,35)23-10-17(26)20(11-18(23)29)32-21-9-16-15(8-19(21)30)25(16,27)28/h3-7,10-11,15-16,19,21,32H,8-9,12,30H2,1-2H3/t15-,16?,19?,21-/m0/s1. The van der Waals surface area contributed by atoms with Crippen LogP contribution in [0.2, 0.25) is 5.02 Å². The smallest absolute Gasteiger partial charge is 0.269 e. The highest BCUT2D eigenvalue weighted by Crippen LogP contribution is 2.65. The van der Waals surface area contributed by atoms with Crippen LogP contribution in [0.1, 0.15) is 18.4 Å². The van der Waals surface area contributed by atoms with Crippen LogP contribution >= 0.6 is 46.1 Å². The molecule has 2 aromatic carbocycles. The maximum absolute atomic E-state index is 15.5. The van der Waals surface area contributed by atoms with Crippen LogP contribution in [0.5, 0.6) is 11.5 Å². The van der Waals surface area contributed by atoms with E-state index in [4.69, 9.17) is 50.0 Å². The lowest BCUT2D eigenvalue weighted by Gasteiger charge is -2.30. The average Bonchev–Trinajstić information content (AvgIpc) is 3.23. The van der Waals surface area contributed by atoms with Crippen LogP contribution in [-0.2, 0) is 16.6 Å². The highest BCUT2D eigenvalue weighted by molar-refractivity contribution is 7.93. The van der Waals surface area contributed by atoms with Gasteiger partial charge in [-0.15, -0.1) is 34.5 Å². The lowest BCUT2D eigenvalue weighted by molar-refractivity contribution is 0.387. The molecule has 5 rings (SSSR count). The number of hydrogen-bond donors (Lipinski definition) is 2. The first-order chi connectivity index (χ1) is 18.5. The number of benzene rings is 2. The number of hydrogen-bond acceptors (Lipinski definition) is 8. The molecule has 3 N–H and O–H groups in total. The molecule has 0 spiro atoms. The third-order valence-electron chi connectivity index (χ3n) is 7.29. The zero-order valence-electron chi connectivity index (χ0n) is 20.9. The molecule has 2 fully saturated rings. The fraction of sp³-hybridized carbons (Fsp3) is 0.400. The number of sulfonamides is 1. The number of anilines is 2. The van der Waals surface area contributed by atoms with E-state index in [1.54, 1.807) is 23.6 Å². The number of nitrogens with zero attached hydrogens (tertiary/aromatic N) is 2. The summed E-state index contributed by atoms with van der Waals surface area (Å²) in [6.07, 6.45) is 2.69. The van der Waals surface area contributed by atoms with Gasteiger partial charge in [-0.2, -0.15) is 0 Å². The second-order valence-electron chi connectivity index (χ2n) is 9.54. The monoisotopic (exact) mass is 634 g/mol. The van der Waals surface area contributed by atoms with Crippen LogP contribution < -0.4 is 24.8 Å². The molecule has 2 saturated carbocycles. The maximum Gasteiger partial charge on any atom is 0.269 e. The van der Waals surface area contributed by atoms with Gasteiger partial charge in [0.25, 0.3) is 10.0 Å². The minimum atomic E-state index is -4.45. The Morgan fingerprint density at radius 3 is 2.62 bits per heavy atom. The van der Waals surface area contributed by atoms with Crippen LogP contribution in [0, 0.1) is 17.7 Å². The van der Waals surface area contributed by atoms with Crippen molar-refractivity contribution in [3.05, 3.63) is 58.3 Å². The summed E-state index contributed by atoms with van der Waals surface area (Å²) in [6, 6.07) is 6.65. The van der Waals surface area contributed by atoms with Gasteiger partial charge in [-0.05, 0) is 48.9 Å². The molecule has 39 heavy (non-hydrogen) atoms. The average molecular weight is 636 g/mol. The SMILES string of the molecule is COc1ccc(CN(c2nccs2)S(=O)(=O)c2cc(Cl)c(N[C@H]3CC4[C@H](CC3N)C4(Cl)Cl)cc2F)c(OC)c1. The molecule has 3 aromatic rings. The van der Waals surface area contributed by atoms with Gasteiger partial charge in [0.15, 0.2) is 5.13 Å². The predicted molar refractivity (Wildman–Crippen MR) is 152 cm³/mol. The van der Waals surface area contributed by atoms with Crippen molar-refractivity contribution >= 4 is 67.0 Å². The van der Waals surface area contributed by atoms with Crippen LogP contribution in [0.25, 0.3) is 0 Å². The molecule has 2 aliphatic carbocycles. The number of methoxy groups -OCH3 is 2. The minimum Gasteiger partial charge on any atom is -0.497 e. The van der Waals surface area contributed by atoms with Crippen molar-refractivity contribution < 1.29 is 22.3 Å². The van der Waals surface area contributed by atoms with Gasteiger partial charge in [0.2, 0.25) is 0 Å². The Kier molecular flexibility index (Phi) is 7.86. The lowest BCUT2D eigenvalue weighted by Crippen LogP contribution is -2.43. The third-order valence-corrected chi connectivity index (χ3v) is 11.4. The van der Waals surface area contributed by atoms with Gasteiger partial charge in [-0.25, -0.2) is 22.1 Å². The number of rotatable bonds is 9. The summed E-state index contributed by atoms with van der Waals surface area (Å²) in [6.45, 7) is -0.168. The molecule has 8 nitrogen and oxygen atoms in total. The number of nitrogens with one attached hydrogen (secondary N) is 1. The number of nitrogens with two attached hydrogens (primary N) is 1. The Bertz CT molecular complexity index is 1480. The lowest BCUT2D eigenvalue weighted by atomic mass is 9.91. The number of thiazole rings is 1. The second-order valence-corrected chi connectivity index (χ2v) is 14.1. The highest BCUT2D eigenvalue weighted by Gasteiger charge is 2.65. The first-order valence-corrected chi connectivity index (χ1v) is 15.4. The topological polar surface area (TPSA) is 107 Å². The van der Waals surface area contributed by atoms with E-state index in [-0.39, 0.29) is 46.3 Å². The largest absolute Gasteiger partial charge is 0.497 e. The van der Waals surface area contributed by atoms with Crippen LogP contribution in [0.3, 0.4) is 0 Å². The van der Waals surface area contributed by atoms with Gasteiger partial charge in [-0.3, -0.25) is 0 Å². The number of halogens is 4. The zero-order valence-corrected chi connectivity index (χ0v) is 24.8. The molecular weight excluding hydrogens is 610 g/mol. The van der Waals surface area contributed by atoms with Gasteiger partial charge in [0, 0.05) is 35.3 Å². The van der Waals surface area contributed by atoms with Crippen molar-refractivity contribution in [3.63, 3.8) is 0 Å². The molecule has 210 valence electrons. The number of alkyl halides is 2. The molecule has 1 aromatic heterocycles. The molecule has 0 aliphatic heterocycles. The molecule has 0 amide bonds. The van der Waals surface area contributed by atoms with Crippen molar-refractivity contribution in [2.45, 2.75) is 40.7 Å². The van der Waals surface area contributed by atoms with Gasteiger partial charge in [0.1, 0.15) is 26.5 Å². The zero-order chi connectivity index (χ0) is 28.1. The summed E-state index contributed by atoms with van der Waals surface area (Å²) in [5, 5.41) is 4.99. The molecule has 0 saturated heterocycles. The van der Waals surface area contributed by atoms with E-state index in [0.29, 0.717) is 29.9 Å². The van der Waals surface area contributed by atoms with E-state index in [2.05, 4.69) is 10.3 Å². The van der Waals surface area contributed by atoms with E-state index in [9.17, 15) is 8.42 Å². The van der Waals surface area contributed by atoms with Crippen molar-refractivity contribution in [1.29, 1.82) is 0 Å². The molecule has 0 bridgehead atoms. The number of fused-ring (bicyclic) bond motifs is 1. The van der Waals surface area contributed by atoms with Crippen LogP contribution in [0.4, 0.5) is 15.2 Å². The Labute approximate surface area is 245 Å². The Morgan fingerprint density at radius 2 is 1.95 bits per heavy atom. The first-order valence-electron chi connectivity index (χ1n) is 12.0. The van der Waals surface area contributed by atoms with Crippen molar-refractivity contribution in [3.8, 4) is 11.5 Å². The molecule has 14 heteroatoms. The molecule has 2 aliphatic rings. The summed E-state index contributed by atoms with van der Waals surface area (Å²) in [4.78, 5) is 3.58. The fourth-order valence-corrected chi connectivity index (χ4v) is 8.53. The van der Waals surface area contributed by atoms with Gasteiger partial charge in [0.05, 0.1) is 31.5 Å². The van der Waals surface area contributed by atoms with Crippen molar-refractivity contribution in [1.82, 2.24) is 4.98 Å². The minimum absolute atomic E-state index is 0.0317. The highest BCUT2D eigenvalue weighted by atomic mass is 35.5. The van der Waals surface area contributed by atoms with Gasteiger partial charge in [-0.1, -0.05) is 11.6 Å². The maximum atomic E-state index is 15.5. The summed E-state index contributed by atoms with van der Waals surface area (Å²) in [7, 11) is -1.47. The fourth-order valence-electron chi connectivity index (χ4n) is 5.06. The van der Waals surface area contributed by atoms with E-state index in [1.807, 2.05) is 0 Å². The summed E-state index contributed by atoms with van der Waals surface area (Å²) in [5.41, 5.74) is 7.08. The number of ether oxygens (including phenoxy) is 2. The van der Waals surface area contributed by atoms with Crippen LogP contribution in [0.15, 0.2) is 46.8 Å². The number of aromatic nitrogens is 1. The Morgan fingerprint density at radius 1 is 1.21 bits per heavy atom. The predicted octanol–water partition coefficient (Wildman–Crippen LogP) is 5.67. The van der Waals surface area contributed by atoms with Gasteiger partial charge >= 0.3 is 0 Å². The first kappa shape index (κ1) is 28.5. The normalized spacial score (nSPS) is 23.6. The molecule has 2 unspecified atom stereocenters. The van der Waals surface area contributed by atoms with Gasteiger partial charge < -0.3 is 20.5 Å². The molecular formula is C25H26Cl3FN4O4S2. The van der Waals surface area contributed by atoms with E-state index in [1.165, 1.54) is 20.4 Å². The molecule has 1 heterocycles. The quantitative estimate of drug-likeness (QED) is 0.292. The third kappa shape index (κ3) is 5.37. The molecule has 4 atom stereocenters.